The van der Waals surface area contributed by atoms with E-state index in [1.807, 2.05) is 44.2 Å². The molecule has 0 saturated carbocycles. The number of methoxy groups -OCH3 is 1. The number of nitrogens with one attached hydrogen (secondary N) is 2. The van der Waals surface area contributed by atoms with Crippen molar-refractivity contribution < 1.29 is 9.53 Å². The molecule has 0 aliphatic heterocycles. The van der Waals surface area contributed by atoms with Crippen LogP contribution in [0.3, 0.4) is 0 Å². The van der Waals surface area contributed by atoms with Gasteiger partial charge in [-0.15, -0.1) is 0 Å². The van der Waals surface area contributed by atoms with Crippen LogP contribution in [0.4, 0.5) is 17.3 Å². The summed E-state index contributed by atoms with van der Waals surface area (Å²) in [6, 6.07) is 13.3. The molecule has 0 saturated heterocycles. The minimum absolute atomic E-state index is 0.271. The highest BCUT2D eigenvalue weighted by molar-refractivity contribution is 6.03. The van der Waals surface area contributed by atoms with E-state index in [0.29, 0.717) is 17.4 Å². The fourth-order valence-corrected chi connectivity index (χ4v) is 2.97. The number of benzene rings is 2. The van der Waals surface area contributed by atoms with E-state index in [1.165, 1.54) is 5.56 Å². The number of hydrogen-bond acceptors (Lipinski definition) is 5. The zero-order chi connectivity index (χ0) is 20.1. The zero-order valence-electron chi connectivity index (χ0n) is 16.5. The maximum absolute atomic E-state index is 12.7. The molecular weight excluding hydrogens is 352 g/mol. The Kier molecular flexibility index (Phi) is 5.89. The summed E-state index contributed by atoms with van der Waals surface area (Å²) in [5.74, 6) is 0.654. The quantitative estimate of drug-likeness (QED) is 0.654. The van der Waals surface area contributed by atoms with Gasteiger partial charge in [-0.05, 0) is 55.2 Å². The van der Waals surface area contributed by atoms with Crippen LogP contribution in [0.25, 0.3) is 0 Å². The second-order valence-electron chi connectivity index (χ2n) is 6.51. The van der Waals surface area contributed by atoms with Gasteiger partial charge in [0.1, 0.15) is 11.4 Å². The normalized spacial score (nSPS) is 10.4. The average Bonchev–Trinajstić information content (AvgIpc) is 2.70. The van der Waals surface area contributed by atoms with E-state index in [2.05, 4.69) is 33.6 Å². The summed E-state index contributed by atoms with van der Waals surface area (Å²) in [7, 11) is 1.57. The number of anilines is 3. The van der Waals surface area contributed by atoms with Crippen LogP contribution in [0.1, 0.15) is 34.1 Å². The van der Waals surface area contributed by atoms with Gasteiger partial charge in [0.2, 0.25) is 5.95 Å². The average molecular weight is 376 g/mol. The van der Waals surface area contributed by atoms with Gasteiger partial charge in [-0.2, -0.15) is 0 Å². The summed E-state index contributed by atoms with van der Waals surface area (Å²) in [5.41, 5.74) is 5.14. The summed E-state index contributed by atoms with van der Waals surface area (Å²) in [6.45, 7) is 6.08. The van der Waals surface area contributed by atoms with Crippen LogP contribution in [-0.2, 0) is 6.42 Å². The molecule has 144 valence electrons. The maximum Gasteiger partial charge on any atom is 0.274 e. The lowest BCUT2D eigenvalue weighted by Gasteiger charge is -2.14. The van der Waals surface area contributed by atoms with E-state index >= 15 is 0 Å². The minimum Gasteiger partial charge on any atom is -0.495 e. The van der Waals surface area contributed by atoms with Gasteiger partial charge in [0, 0.05) is 11.9 Å². The lowest BCUT2D eigenvalue weighted by molar-refractivity contribution is 0.102. The van der Waals surface area contributed by atoms with Gasteiger partial charge in [0.05, 0.1) is 12.8 Å². The fourth-order valence-electron chi connectivity index (χ4n) is 2.97. The first-order valence-electron chi connectivity index (χ1n) is 9.16. The van der Waals surface area contributed by atoms with Gasteiger partial charge in [-0.25, -0.2) is 9.97 Å². The smallest absolute Gasteiger partial charge is 0.274 e. The Bertz CT molecular complexity index is 1000. The van der Waals surface area contributed by atoms with E-state index in [-0.39, 0.29) is 11.6 Å². The Morgan fingerprint density at radius 2 is 1.96 bits per heavy atom. The third-order valence-corrected chi connectivity index (χ3v) is 4.47. The largest absolute Gasteiger partial charge is 0.495 e. The molecule has 0 aliphatic carbocycles. The summed E-state index contributed by atoms with van der Waals surface area (Å²) in [4.78, 5) is 21.3. The van der Waals surface area contributed by atoms with Crippen LogP contribution >= 0.6 is 0 Å². The van der Waals surface area contributed by atoms with Crippen LogP contribution in [0.5, 0.6) is 5.75 Å². The van der Waals surface area contributed by atoms with Crippen LogP contribution in [-0.4, -0.2) is 23.0 Å². The van der Waals surface area contributed by atoms with Crippen molar-refractivity contribution in [2.45, 2.75) is 27.2 Å². The van der Waals surface area contributed by atoms with Gasteiger partial charge in [0.25, 0.3) is 5.91 Å². The van der Waals surface area contributed by atoms with Gasteiger partial charge >= 0.3 is 0 Å². The van der Waals surface area contributed by atoms with E-state index in [0.717, 1.165) is 23.2 Å². The van der Waals surface area contributed by atoms with Crippen LogP contribution in [0.15, 0.2) is 48.7 Å². The molecule has 1 heterocycles. The SMILES string of the molecule is CCc1cccc(C)c1Nc1nccc(C(=O)Nc2cc(C)ccc2OC)n1. The summed E-state index contributed by atoms with van der Waals surface area (Å²) in [6.07, 6.45) is 2.46. The van der Waals surface area contributed by atoms with Crippen LogP contribution in [0.2, 0.25) is 0 Å². The number of aromatic nitrogens is 2. The van der Waals surface area contributed by atoms with E-state index in [1.54, 1.807) is 19.4 Å². The highest BCUT2D eigenvalue weighted by Gasteiger charge is 2.13. The monoisotopic (exact) mass is 376 g/mol. The molecule has 0 bridgehead atoms. The number of aryl methyl sites for hydroxylation is 3. The first-order valence-corrected chi connectivity index (χ1v) is 9.16. The Morgan fingerprint density at radius 3 is 2.71 bits per heavy atom. The fraction of sp³-hybridized carbons (Fsp3) is 0.227. The predicted molar refractivity (Wildman–Crippen MR) is 112 cm³/mol. The number of carbonyl (C=O) groups is 1. The van der Waals surface area contributed by atoms with Crippen molar-refractivity contribution in [2.24, 2.45) is 0 Å². The highest BCUT2D eigenvalue weighted by atomic mass is 16.5. The van der Waals surface area contributed by atoms with Crippen molar-refractivity contribution in [3.8, 4) is 5.75 Å². The van der Waals surface area contributed by atoms with Crippen LogP contribution < -0.4 is 15.4 Å². The second kappa shape index (κ2) is 8.52. The topological polar surface area (TPSA) is 76.1 Å². The lowest BCUT2D eigenvalue weighted by atomic mass is 10.1. The number of carbonyl (C=O) groups excluding carboxylic acids is 1. The van der Waals surface area contributed by atoms with Gasteiger partial charge in [-0.1, -0.05) is 31.2 Å². The number of para-hydroxylation sites is 1. The summed E-state index contributed by atoms with van der Waals surface area (Å²) < 4.78 is 5.32. The third-order valence-electron chi connectivity index (χ3n) is 4.47. The molecule has 2 N–H and O–H groups in total. The Balaban J connectivity index is 1.84. The molecule has 28 heavy (non-hydrogen) atoms. The van der Waals surface area contributed by atoms with Crippen molar-refractivity contribution in [2.75, 3.05) is 17.7 Å². The predicted octanol–water partition coefficient (Wildman–Crippen LogP) is 4.66. The van der Waals surface area contributed by atoms with Crippen molar-refractivity contribution in [3.05, 3.63) is 71.0 Å². The first kappa shape index (κ1) is 19.4. The molecule has 0 radical (unpaired) electrons. The molecule has 0 spiro atoms. The summed E-state index contributed by atoms with van der Waals surface area (Å²) >= 11 is 0. The van der Waals surface area contributed by atoms with Crippen molar-refractivity contribution in [3.63, 3.8) is 0 Å². The molecule has 0 atom stereocenters. The number of amides is 1. The number of ether oxygens (including phenoxy) is 1. The Labute approximate surface area is 165 Å². The Hall–Kier alpha value is -3.41. The summed E-state index contributed by atoms with van der Waals surface area (Å²) in [5, 5.41) is 6.12. The first-order chi connectivity index (χ1) is 13.5. The lowest BCUT2D eigenvalue weighted by Crippen LogP contribution is -2.15. The van der Waals surface area contributed by atoms with E-state index in [4.69, 9.17) is 4.74 Å². The third kappa shape index (κ3) is 4.28. The minimum atomic E-state index is -0.324. The van der Waals surface area contributed by atoms with Crippen molar-refractivity contribution >= 4 is 23.2 Å². The molecule has 1 amide bonds. The number of hydrogen-bond donors (Lipinski definition) is 2. The second-order valence-corrected chi connectivity index (χ2v) is 6.51. The molecule has 0 unspecified atom stereocenters. The standard InChI is InChI=1S/C22H24N4O2/c1-5-16-8-6-7-15(3)20(16)26-22-23-12-11-17(25-22)21(27)24-18-13-14(2)9-10-19(18)28-4/h6-13H,5H2,1-4H3,(H,24,27)(H,23,25,26). The van der Waals surface area contributed by atoms with E-state index in [9.17, 15) is 4.79 Å². The molecule has 2 aromatic carbocycles. The van der Waals surface area contributed by atoms with Gasteiger partial charge in [-0.3, -0.25) is 4.79 Å². The molecule has 0 aliphatic rings. The molecular formula is C22H24N4O2. The molecule has 3 aromatic rings. The number of rotatable bonds is 6. The molecule has 1 aromatic heterocycles. The van der Waals surface area contributed by atoms with Gasteiger partial charge < -0.3 is 15.4 Å². The molecule has 6 heteroatoms. The van der Waals surface area contributed by atoms with Crippen molar-refractivity contribution in [1.29, 1.82) is 0 Å². The zero-order valence-corrected chi connectivity index (χ0v) is 16.5. The number of nitrogens with zero attached hydrogens (tertiary/aromatic N) is 2. The molecule has 3 rings (SSSR count). The molecule has 0 fully saturated rings. The highest BCUT2D eigenvalue weighted by Crippen LogP contribution is 2.26. The maximum atomic E-state index is 12.7. The van der Waals surface area contributed by atoms with Crippen LogP contribution in [0, 0.1) is 13.8 Å². The molecule has 6 nitrogen and oxygen atoms in total. The van der Waals surface area contributed by atoms with Crippen molar-refractivity contribution in [1.82, 2.24) is 9.97 Å². The van der Waals surface area contributed by atoms with E-state index < -0.39 is 0 Å². The van der Waals surface area contributed by atoms with Gasteiger partial charge in [0.15, 0.2) is 0 Å². The Morgan fingerprint density at radius 1 is 1.14 bits per heavy atom.